The zero-order valence-electron chi connectivity index (χ0n) is 4.76. The van der Waals surface area contributed by atoms with Crippen molar-refractivity contribution in [2.75, 3.05) is 0 Å². The van der Waals surface area contributed by atoms with Gasteiger partial charge in [-0.3, -0.25) is 4.52 Å². The number of nitrogens with one attached hydrogen (secondary N) is 1. The number of rotatable bonds is 0. The van der Waals surface area contributed by atoms with E-state index in [4.69, 9.17) is 6.57 Å². The summed E-state index contributed by atoms with van der Waals surface area (Å²) >= 11 is 0. The van der Waals surface area contributed by atoms with Crippen molar-refractivity contribution >= 4 is 5.82 Å². The number of aromatic amines is 1. The SMILES string of the molecule is [C-]#[N+]c1[nH]oc(=O)c1C. The first-order chi connectivity index (χ1) is 4.25. The van der Waals surface area contributed by atoms with Gasteiger partial charge in [-0.2, -0.15) is 0 Å². The molecule has 0 bridgehead atoms. The van der Waals surface area contributed by atoms with Gasteiger partial charge in [0.15, 0.2) is 0 Å². The highest BCUT2D eigenvalue weighted by Crippen LogP contribution is 2.08. The molecule has 0 spiro atoms. The summed E-state index contributed by atoms with van der Waals surface area (Å²) in [7, 11) is 0. The van der Waals surface area contributed by atoms with Crippen molar-refractivity contribution in [3.05, 3.63) is 27.4 Å². The highest BCUT2D eigenvalue weighted by atomic mass is 16.5. The van der Waals surface area contributed by atoms with Crippen LogP contribution in [0.15, 0.2) is 9.32 Å². The van der Waals surface area contributed by atoms with Crippen LogP contribution in [0.2, 0.25) is 0 Å². The van der Waals surface area contributed by atoms with Crippen molar-refractivity contribution < 1.29 is 4.52 Å². The third-order valence-electron chi connectivity index (χ3n) is 1.01. The number of nitrogens with zero attached hydrogens (tertiary/aromatic N) is 1. The van der Waals surface area contributed by atoms with E-state index >= 15 is 0 Å². The molecule has 0 saturated carbocycles. The maximum atomic E-state index is 10.5. The maximum absolute atomic E-state index is 10.5. The minimum absolute atomic E-state index is 0.181. The number of hydrogen-bond donors (Lipinski definition) is 1. The van der Waals surface area contributed by atoms with E-state index in [9.17, 15) is 4.79 Å². The Bertz CT molecular complexity index is 301. The lowest BCUT2D eigenvalue weighted by atomic mass is 10.4. The quantitative estimate of drug-likeness (QED) is 0.520. The lowest BCUT2D eigenvalue weighted by molar-refractivity contribution is 0.394. The molecule has 0 aromatic carbocycles. The van der Waals surface area contributed by atoms with Crippen LogP contribution >= 0.6 is 0 Å². The Kier molecular flexibility index (Phi) is 1.12. The topological polar surface area (TPSA) is 50.4 Å². The molecule has 1 rings (SSSR count). The average Bonchev–Trinajstić information content (AvgIpc) is 2.15. The van der Waals surface area contributed by atoms with Crippen LogP contribution in [0.3, 0.4) is 0 Å². The maximum Gasteiger partial charge on any atom is 0.373 e. The predicted octanol–water partition coefficient (Wildman–Crippen LogP) is 0.827. The number of aromatic nitrogens is 1. The van der Waals surface area contributed by atoms with Crippen LogP contribution in [-0.2, 0) is 0 Å². The van der Waals surface area contributed by atoms with Crippen LogP contribution in [0.5, 0.6) is 0 Å². The first-order valence-electron chi connectivity index (χ1n) is 2.31. The highest BCUT2D eigenvalue weighted by molar-refractivity contribution is 5.40. The summed E-state index contributed by atoms with van der Waals surface area (Å²) in [6.45, 7) is 8.03. The normalized spacial score (nSPS) is 8.89. The second-order valence-electron chi connectivity index (χ2n) is 1.58. The van der Waals surface area contributed by atoms with Crippen molar-refractivity contribution in [1.29, 1.82) is 0 Å². The van der Waals surface area contributed by atoms with Crippen molar-refractivity contribution in [3.63, 3.8) is 0 Å². The lowest BCUT2D eigenvalue weighted by Gasteiger charge is -1.75. The molecule has 4 nitrogen and oxygen atoms in total. The Labute approximate surface area is 50.9 Å². The summed E-state index contributed by atoms with van der Waals surface area (Å²) in [6, 6.07) is 0. The van der Waals surface area contributed by atoms with E-state index in [1.54, 1.807) is 0 Å². The average molecular weight is 124 g/mol. The third-order valence-corrected chi connectivity index (χ3v) is 1.01. The van der Waals surface area contributed by atoms with E-state index < -0.39 is 5.63 Å². The first-order valence-corrected chi connectivity index (χ1v) is 2.31. The lowest BCUT2D eigenvalue weighted by Crippen LogP contribution is -1.93. The molecular formula is C5H4N2O2. The van der Waals surface area contributed by atoms with Crippen LogP contribution in [0, 0.1) is 13.5 Å². The Morgan fingerprint density at radius 1 is 1.78 bits per heavy atom. The fourth-order valence-electron chi connectivity index (χ4n) is 0.451. The van der Waals surface area contributed by atoms with Gasteiger partial charge in [-0.25, -0.2) is 4.79 Å². The van der Waals surface area contributed by atoms with E-state index in [1.807, 2.05) is 0 Å². The van der Waals surface area contributed by atoms with Gasteiger partial charge < -0.3 is 4.85 Å². The molecular weight excluding hydrogens is 120 g/mol. The third kappa shape index (κ3) is 0.722. The monoisotopic (exact) mass is 124 g/mol. The van der Waals surface area contributed by atoms with Crippen molar-refractivity contribution in [2.45, 2.75) is 6.92 Å². The van der Waals surface area contributed by atoms with E-state index in [2.05, 4.69) is 14.5 Å². The fourth-order valence-corrected chi connectivity index (χ4v) is 0.451. The molecule has 1 aromatic heterocycles. The Hall–Kier alpha value is -1.50. The van der Waals surface area contributed by atoms with Crippen LogP contribution in [0.4, 0.5) is 5.82 Å². The summed E-state index contributed by atoms with van der Waals surface area (Å²) in [4.78, 5) is 13.4. The van der Waals surface area contributed by atoms with Gasteiger partial charge in [-0.15, -0.1) is 5.16 Å². The van der Waals surface area contributed by atoms with Crippen molar-refractivity contribution in [2.24, 2.45) is 0 Å². The summed E-state index contributed by atoms with van der Waals surface area (Å²) in [5.41, 5.74) is -0.133. The molecule has 0 aliphatic rings. The predicted molar refractivity (Wildman–Crippen MR) is 30.3 cm³/mol. The molecule has 1 aromatic rings. The van der Waals surface area contributed by atoms with Crippen LogP contribution in [0.1, 0.15) is 5.56 Å². The van der Waals surface area contributed by atoms with Gasteiger partial charge in [0.05, 0.1) is 5.56 Å². The smallest absolute Gasteiger partial charge is 0.361 e. The zero-order chi connectivity index (χ0) is 6.85. The van der Waals surface area contributed by atoms with Gasteiger partial charge in [-0.1, -0.05) is 6.57 Å². The molecule has 0 aliphatic heterocycles. The molecule has 0 saturated heterocycles. The van der Waals surface area contributed by atoms with E-state index in [0.29, 0.717) is 5.56 Å². The minimum atomic E-state index is -0.471. The second kappa shape index (κ2) is 1.78. The standard InChI is InChI=1S/C5H4N2O2/c1-3-4(6-2)7-9-5(3)8/h7H,1H3. The molecule has 0 amide bonds. The second-order valence-corrected chi connectivity index (χ2v) is 1.58. The van der Waals surface area contributed by atoms with Gasteiger partial charge in [0, 0.05) is 0 Å². The molecule has 4 heteroatoms. The number of hydrogen-bond acceptors (Lipinski definition) is 2. The molecule has 0 aliphatic carbocycles. The summed E-state index contributed by atoms with van der Waals surface area (Å²) in [6.07, 6.45) is 0. The van der Waals surface area contributed by atoms with Crippen molar-refractivity contribution in [3.8, 4) is 0 Å². The first kappa shape index (κ1) is 5.63. The summed E-state index contributed by atoms with van der Waals surface area (Å²) < 4.78 is 4.29. The zero-order valence-corrected chi connectivity index (χ0v) is 4.76. The Balaban J connectivity index is 3.41. The van der Waals surface area contributed by atoms with Crippen LogP contribution in [0.25, 0.3) is 4.85 Å². The van der Waals surface area contributed by atoms with Gasteiger partial charge >= 0.3 is 5.63 Å². The molecule has 0 unspecified atom stereocenters. The molecule has 1 heterocycles. The minimum Gasteiger partial charge on any atom is -0.361 e. The molecule has 0 atom stereocenters. The van der Waals surface area contributed by atoms with Gasteiger partial charge in [0.2, 0.25) is 0 Å². The molecule has 0 radical (unpaired) electrons. The molecule has 46 valence electrons. The molecule has 0 fully saturated rings. The van der Waals surface area contributed by atoms with E-state index in [-0.39, 0.29) is 5.82 Å². The van der Waals surface area contributed by atoms with Gasteiger partial charge in [-0.05, 0) is 6.92 Å². The van der Waals surface area contributed by atoms with Gasteiger partial charge in [0.1, 0.15) is 0 Å². The number of H-pyrrole nitrogens is 1. The van der Waals surface area contributed by atoms with Gasteiger partial charge in [0.25, 0.3) is 5.82 Å². The molecule has 1 N–H and O–H groups in total. The summed E-state index contributed by atoms with van der Waals surface area (Å²) in [5.74, 6) is 0.181. The van der Waals surface area contributed by atoms with Crippen LogP contribution < -0.4 is 5.63 Å². The Morgan fingerprint density at radius 2 is 2.44 bits per heavy atom. The molecule has 9 heavy (non-hydrogen) atoms. The largest absolute Gasteiger partial charge is 0.373 e. The highest BCUT2D eigenvalue weighted by Gasteiger charge is 2.03. The van der Waals surface area contributed by atoms with E-state index in [0.717, 1.165) is 0 Å². The van der Waals surface area contributed by atoms with Crippen molar-refractivity contribution in [1.82, 2.24) is 5.16 Å². The van der Waals surface area contributed by atoms with E-state index in [1.165, 1.54) is 6.92 Å². The van der Waals surface area contributed by atoms with Crippen LogP contribution in [-0.4, -0.2) is 5.16 Å². The summed E-state index contributed by atoms with van der Waals surface area (Å²) in [5, 5.41) is 2.18. The fraction of sp³-hybridized carbons (Fsp3) is 0.200. The Morgan fingerprint density at radius 3 is 2.67 bits per heavy atom.